The minimum atomic E-state index is -0.152. The largest absolute Gasteiger partial charge is 0.392 e. The van der Waals surface area contributed by atoms with E-state index < -0.39 is 0 Å². The van der Waals surface area contributed by atoms with E-state index in [0.717, 1.165) is 32.6 Å². The molecule has 0 aromatic heterocycles. The van der Waals surface area contributed by atoms with Crippen molar-refractivity contribution in [3.05, 3.63) is 0 Å². The first-order chi connectivity index (χ1) is 9.54. The second-order valence-corrected chi connectivity index (χ2v) is 7.35. The summed E-state index contributed by atoms with van der Waals surface area (Å²) >= 11 is 0. The van der Waals surface area contributed by atoms with E-state index in [4.69, 9.17) is 5.73 Å². The summed E-state index contributed by atoms with van der Waals surface area (Å²) in [5.74, 6) is 0. The molecule has 1 saturated heterocycles. The maximum absolute atomic E-state index is 10.0. The molecule has 2 fully saturated rings. The predicted molar refractivity (Wildman–Crippen MR) is 83.7 cm³/mol. The van der Waals surface area contributed by atoms with Gasteiger partial charge in [0.1, 0.15) is 0 Å². The molecular weight excluding hydrogens is 250 g/mol. The molecule has 0 spiro atoms. The first kappa shape index (κ1) is 16.2. The topological polar surface area (TPSA) is 52.7 Å². The van der Waals surface area contributed by atoms with Crippen LogP contribution in [-0.4, -0.2) is 67.3 Å². The van der Waals surface area contributed by atoms with Gasteiger partial charge in [0, 0.05) is 25.7 Å². The number of nitrogens with zero attached hydrogens (tertiary/aromatic N) is 2. The number of likely N-dealkylation sites (N-methyl/N-ethyl adjacent to an activating group) is 1. The van der Waals surface area contributed by atoms with Crippen LogP contribution in [0.4, 0.5) is 0 Å². The van der Waals surface area contributed by atoms with Gasteiger partial charge in [-0.2, -0.15) is 0 Å². The number of hydrogen-bond donors (Lipinski definition) is 2. The molecule has 2 unspecified atom stereocenters. The monoisotopic (exact) mass is 283 g/mol. The van der Waals surface area contributed by atoms with Crippen molar-refractivity contribution in [1.29, 1.82) is 0 Å². The van der Waals surface area contributed by atoms with Crippen molar-refractivity contribution < 1.29 is 5.11 Å². The van der Waals surface area contributed by atoms with E-state index in [1.165, 1.54) is 38.5 Å². The summed E-state index contributed by atoms with van der Waals surface area (Å²) in [5.41, 5.74) is 6.46. The quantitative estimate of drug-likeness (QED) is 0.747. The van der Waals surface area contributed by atoms with Crippen LogP contribution in [0.15, 0.2) is 0 Å². The number of likely N-dealkylation sites (tertiary alicyclic amines) is 1. The minimum absolute atomic E-state index is 0.152. The van der Waals surface area contributed by atoms with Gasteiger partial charge in [-0.05, 0) is 45.3 Å². The van der Waals surface area contributed by atoms with Crippen LogP contribution in [0.25, 0.3) is 0 Å². The Bertz CT molecular complexity index is 287. The highest BCUT2D eigenvalue weighted by Gasteiger charge is 2.38. The Morgan fingerprint density at radius 2 is 1.85 bits per heavy atom. The van der Waals surface area contributed by atoms with Crippen molar-refractivity contribution in [2.24, 2.45) is 11.1 Å². The van der Waals surface area contributed by atoms with Gasteiger partial charge < -0.3 is 15.7 Å². The lowest BCUT2D eigenvalue weighted by atomic mass is 9.79. The number of nitrogens with two attached hydrogens (primary N) is 1. The third-order valence-corrected chi connectivity index (χ3v) is 5.22. The zero-order chi connectivity index (χ0) is 14.6. The Morgan fingerprint density at radius 1 is 1.20 bits per heavy atom. The van der Waals surface area contributed by atoms with E-state index in [1.807, 2.05) is 0 Å². The van der Waals surface area contributed by atoms with Gasteiger partial charge in [0.05, 0.1) is 6.10 Å². The number of hydrogen-bond acceptors (Lipinski definition) is 4. The maximum Gasteiger partial charge on any atom is 0.0682 e. The number of aliphatic hydroxyl groups excluding tert-OH is 1. The smallest absolute Gasteiger partial charge is 0.0682 e. The number of rotatable bonds is 5. The molecule has 0 radical (unpaired) electrons. The molecule has 1 aliphatic heterocycles. The molecule has 4 nitrogen and oxygen atoms in total. The highest BCUT2D eigenvalue weighted by atomic mass is 16.3. The molecule has 0 aromatic carbocycles. The fourth-order valence-corrected chi connectivity index (χ4v) is 4.10. The molecule has 1 heterocycles. The van der Waals surface area contributed by atoms with E-state index in [1.54, 1.807) is 0 Å². The first-order valence-electron chi connectivity index (χ1n) is 8.31. The van der Waals surface area contributed by atoms with Crippen LogP contribution in [0.1, 0.15) is 44.9 Å². The van der Waals surface area contributed by atoms with Crippen molar-refractivity contribution in [2.75, 3.05) is 40.3 Å². The van der Waals surface area contributed by atoms with Crippen LogP contribution >= 0.6 is 0 Å². The summed E-state index contributed by atoms with van der Waals surface area (Å²) in [4.78, 5) is 4.75. The Labute approximate surface area is 124 Å². The summed E-state index contributed by atoms with van der Waals surface area (Å²) < 4.78 is 0. The normalized spacial score (nSPS) is 31.6. The van der Waals surface area contributed by atoms with Crippen molar-refractivity contribution in [3.8, 4) is 0 Å². The van der Waals surface area contributed by atoms with Gasteiger partial charge in [-0.3, -0.25) is 4.90 Å². The first-order valence-corrected chi connectivity index (χ1v) is 8.31. The standard InChI is InChI=1S/C16H33N3O/c1-18(2)10-14-9-15(20)11-19(14)13-16(12-17)7-5-3-4-6-8-16/h14-15,20H,3-13,17H2,1-2H3. The van der Waals surface area contributed by atoms with Crippen LogP contribution < -0.4 is 5.73 Å². The lowest BCUT2D eigenvalue weighted by Crippen LogP contribution is -2.47. The molecule has 20 heavy (non-hydrogen) atoms. The highest BCUT2D eigenvalue weighted by molar-refractivity contribution is 4.93. The van der Waals surface area contributed by atoms with E-state index in [9.17, 15) is 5.11 Å². The molecule has 1 aliphatic carbocycles. The number of β-amino-alcohol motifs (C(OH)–C–C–N with tert-alkyl or cyclic N) is 1. The van der Waals surface area contributed by atoms with Crippen LogP contribution in [0.2, 0.25) is 0 Å². The van der Waals surface area contributed by atoms with E-state index in [0.29, 0.717) is 11.5 Å². The fraction of sp³-hybridized carbons (Fsp3) is 1.00. The van der Waals surface area contributed by atoms with E-state index in [2.05, 4.69) is 23.9 Å². The molecular formula is C16H33N3O. The molecule has 118 valence electrons. The molecule has 0 bridgehead atoms. The van der Waals surface area contributed by atoms with Crippen LogP contribution in [0.3, 0.4) is 0 Å². The van der Waals surface area contributed by atoms with Crippen molar-refractivity contribution >= 4 is 0 Å². The van der Waals surface area contributed by atoms with Crippen molar-refractivity contribution in [1.82, 2.24) is 9.80 Å². The lowest BCUT2D eigenvalue weighted by molar-refractivity contribution is 0.105. The van der Waals surface area contributed by atoms with Gasteiger partial charge in [0.2, 0.25) is 0 Å². The predicted octanol–water partition coefficient (Wildman–Crippen LogP) is 1.28. The third-order valence-electron chi connectivity index (χ3n) is 5.22. The number of aliphatic hydroxyl groups is 1. The molecule has 2 atom stereocenters. The third kappa shape index (κ3) is 4.17. The van der Waals surface area contributed by atoms with Gasteiger partial charge in [-0.15, -0.1) is 0 Å². The average molecular weight is 283 g/mol. The highest BCUT2D eigenvalue weighted by Crippen LogP contribution is 2.36. The SMILES string of the molecule is CN(C)CC1CC(O)CN1CC1(CN)CCCCCC1. The van der Waals surface area contributed by atoms with Gasteiger partial charge >= 0.3 is 0 Å². The summed E-state index contributed by atoms with van der Waals surface area (Å²) in [7, 11) is 4.24. The summed E-state index contributed by atoms with van der Waals surface area (Å²) in [5, 5.41) is 10.0. The molecule has 0 amide bonds. The molecule has 0 aromatic rings. The Balaban J connectivity index is 2.00. The van der Waals surface area contributed by atoms with E-state index >= 15 is 0 Å². The van der Waals surface area contributed by atoms with Crippen molar-refractivity contribution in [3.63, 3.8) is 0 Å². The van der Waals surface area contributed by atoms with Gasteiger partial charge in [-0.25, -0.2) is 0 Å². The minimum Gasteiger partial charge on any atom is -0.392 e. The average Bonchev–Trinajstić information content (AvgIpc) is 2.61. The van der Waals surface area contributed by atoms with Gasteiger partial charge in [0.25, 0.3) is 0 Å². The van der Waals surface area contributed by atoms with Gasteiger partial charge in [0.15, 0.2) is 0 Å². The molecule has 2 aliphatic rings. The fourth-order valence-electron chi connectivity index (χ4n) is 4.10. The zero-order valence-electron chi connectivity index (χ0n) is 13.4. The molecule has 3 N–H and O–H groups in total. The van der Waals surface area contributed by atoms with Gasteiger partial charge in [-0.1, -0.05) is 25.7 Å². The van der Waals surface area contributed by atoms with Crippen molar-refractivity contribution in [2.45, 2.75) is 57.1 Å². The summed E-state index contributed by atoms with van der Waals surface area (Å²) in [6.07, 6.45) is 8.68. The molecule has 4 heteroatoms. The Kier molecular flexibility index (Phi) is 5.84. The molecule has 2 rings (SSSR count). The second kappa shape index (κ2) is 7.21. The summed E-state index contributed by atoms with van der Waals surface area (Å²) in [6, 6.07) is 0.492. The lowest BCUT2D eigenvalue weighted by Gasteiger charge is -2.38. The maximum atomic E-state index is 10.0. The van der Waals surface area contributed by atoms with Crippen LogP contribution in [0, 0.1) is 5.41 Å². The Morgan fingerprint density at radius 3 is 2.40 bits per heavy atom. The van der Waals surface area contributed by atoms with E-state index in [-0.39, 0.29) is 6.10 Å². The van der Waals surface area contributed by atoms with Crippen LogP contribution in [-0.2, 0) is 0 Å². The zero-order valence-corrected chi connectivity index (χ0v) is 13.4. The second-order valence-electron chi connectivity index (χ2n) is 7.35. The Hall–Kier alpha value is -0.160. The summed E-state index contributed by atoms with van der Waals surface area (Å²) in [6.45, 7) is 3.76. The van der Waals surface area contributed by atoms with Crippen LogP contribution in [0.5, 0.6) is 0 Å². The molecule has 1 saturated carbocycles.